The summed E-state index contributed by atoms with van der Waals surface area (Å²) in [6.45, 7) is 3.17. The largest absolute Gasteiger partial charge is 0.476 e. The van der Waals surface area contributed by atoms with Crippen LogP contribution in [0.1, 0.15) is 34.6 Å². The maximum Gasteiger partial charge on any atom is 0.356 e. The van der Waals surface area contributed by atoms with Crippen molar-refractivity contribution >= 4 is 11.8 Å². The van der Waals surface area contributed by atoms with E-state index in [1.54, 1.807) is 11.7 Å². The quantitative estimate of drug-likeness (QED) is 0.870. The van der Waals surface area contributed by atoms with Gasteiger partial charge < -0.3 is 19.3 Å². The normalized spacial score (nSPS) is 17.8. The number of aromatic nitrogens is 3. The van der Waals surface area contributed by atoms with Crippen LogP contribution >= 0.6 is 0 Å². The minimum Gasteiger partial charge on any atom is -0.476 e. The molecule has 1 spiro atoms. The summed E-state index contributed by atoms with van der Waals surface area (Å²) in [4.78, 5) is 21.9. The molecular weight excluding hydrogens is 308 g/mol. The Balaban J connectivity index is 1.53. The standard InChI is InChI=1S/C17H20N4O3/c1-24-8-14-12(6-20-7-13(16(22)23)18-11-20)2-3-15(19-14)21-9-17(10-21)4-5-17/h2-3,7,11H,4-6,8-10H2,1H3,(H,22,23). The highest BCUT2D eigenvalue weighted by Crippen LogP contribution is 2.53. The van der Waals surface area contributed by atoms with Crippen LogP contribution in [0.5, 0.6) is 0 Å². The molecule has 0 amide bonds. The molecular formula is C17H20N4O3. The van der Waals surface area contributed by atoms with Gasteiger partial charge >= 0.3 is 5.97 Å². The Bertz CT molecular complexity index is 774. The number of aromatic carboxylic acids is 1. The second-order valence-corrected chi connectivity index (χ2v) is 6.80. The van der Waals surface area contributed by atoms with Crippen molar-refractivity contribution in [2.45, 2.75) is 26.0 Å². The molecule has 2 aliphatic rings. The van der Waals surface area contributed by atoms with E-state index in [0.29, 0.717) is 18.6 Å². The first-order valence-electron chi connectivity index (χ1n) is 8.06. The van der Waals surface area contributed by atoms with Crippen LogP contribution in [0.15, 0.2) is 24.7 Å². The number of carboxylic acid groups (broad SMARTS) is 1. The number of carboxylic acids is 1. The number of hydrogen-bond donors (Lipinski definition) is 1. The summed E-state index contributed by atoms with van der Waals surface area (Å²) < 4.78 is 7.04. The lowest BCUT2D eigenvalue weighted by Crippen LogP contribution is -2.49. The molecule has 0 aromatic carbocycles. The van der Waals surface area contributed by atoms with Crippen molar-refractivity contribution in [2.75, 3.05) is 25.1 Å². The van der Waals surface area contributed by atoms with E-state index in [1.165, 1.54) is 25.4 Å². The molecule has 2 aromatic heterocycles. The van der Waals surface area contributed by atoms with Gasteiger partial charge in [0.1, 0.15) is 5.82 Å². The van der Waals surface area contributed by atoms with Gasteiger partial charge in [0.05, 0.1) is 25.2 Å². The monoisotopic (exact) mass is 328 g/mol. The first-order chi connectivity index (χ1) is 11.6. The smallest absolute Gasteiger partial charge is 0.356 e. The zero-order valence-electron chi connectivity index (χ0n) is 13.6. The van der Waals surface area contributed by atoms with E-state index in [2.05, 4.69) is 16.0 Å². The van der Waals surface area contributed by atoms with Gasteiger partial charge in [0.2, 0.25) is 0 Å². The SMILES string of the molecule is COCc1nc(N2CC3(CC3)C2)ccc1Cn1cnc(C(=O)O)c1. The van der Waals surface area contributed by atoms with E-state index in [0.717, 1.165) is 30.2 Å². The number of nitrogens with zero attached hydrogens (tertiary/aromatic N) is 4. The Hall–Kier alpha value is -2.41. The van der Waals surface area contributed by atoms with Crippen LogP contribution in [0, 0.1) is 5.41 Å². The van der Waals surface area contributed by atoms with Crippen molar-refractivity contribution in [1.29, 1.82) is 0 Å². The van der Waals surface area contributed by atoms with Crippen molar-refractivity contribution in [2.24, 2.45) is 5.41 Å². The molecule has 2 fully saturated rings. The Labute approximate surface area is 139 Å². The molecule has 1 aliphatic heterocycles. The lowest BCUT2D eigenvalue weighted by atomic mass is 9.97. The summed E-state index contributed by atoms with van der Waals surface area (Å²) in [6.07, 6.45) is 5.75. The topological polar surface area (TPSA) is 80.5 Å². The first-order valence-corrected chi connectivity index (χ1v) is 8.06. The van der Waals surface area contributed by atoms with Crippen molar-refractivity contribution in [3.05, 3.63) is 41.6 Å². The predicted molar refractivity (Wildman–Crippen MR) is 87.1 cm³/mol. The molecule has 0 bridgehead atoms. The summed E-state index contributed by atoms with van der Waals surface area (Å²) in [5, 5.41) is 8.97. The molecule has 1 aliphatic carbocycles. The third kappa shape index (κ3) is 2.75. The van der Waals surface area contributed by atoms with Crippen molar-refractivity contribution < 1.29 is 14.6 Å². The number of carbonyl (C=O) groups is 1. The Morgan fingerprint density at radius 2 is 2.17 bits per heavy atom. The maximum absolute atomic E-state index is 10.9. The number of imidazole rings is 1. The summed E-state index contributed by atoms with van der Waals surface area (Å²) in [5.74, 6) is -0.0219. The van der Waals surface area contributed by atoms with Crippen molar-refractivity contribution in [1.82, 2.24) is 14.5 Å². The molecule has 7 heteroatoms. The average Bonchev–Trinajstić information content (AvgIpc) is 3.19. The van der Waals surface area contributed by atoms with E-state index in [4.69, 9.17) is 14.8 Å². The van der Waals surface area contributed by atoms with E-state index in [1.807, 2.05) is 6.07 Å². The Morgan fingerprint density at radius 1 is 1.38 bits per heavy atom. The Morgan fingerprint density at radius 3 is 2.79 bits per heavy atom. The van der Waals surface area contributed by atoms with Crippen LogP contribution in [0.4, 0.5) is 5.82 Å². The lowest BCUT2D eigenvalue weighted by molar-refractivity contribution is 0.0691. The van der Waals surface area contributed by atoms with Gasteiger partial charge in [-0.15, -0.1) is 0 Å². The average molecular weight is 328 g/mol. The van der Waals surface area contributed by atoms with Crippen molar-refractivity contribution in [3.63, 3.8) is 0 Å². The van der Waals surface area contributed by atoms with Crippen LogP contribution in [0.25, 0.3) is 0 Å². The van der Waals surface area contributed by atoms with E-state index in [-0.39, 0.29) is 5.69 Å². The highest BCUT2D eigenvalue weighted by molar-refractivity contribution is 5.84. The van der Waals surface area contributed by atoms with Gasteiger partial charge in [0.15, 0.2) is 5.69 Å². The maximum atomic E-state index is 10.9. The number of pyridine rings is 1. The highest BCUT2D eigenvalue weighted by atomic mass is 16.5. The fourth-order valence-electron chi connectivity index (χ4n) is 3.27. The third-order valence-electron chi connectivity index (χ3n) is 4.87. The molecule has 1 saturated carbocycles. The number of anilines is 1. The van der Waals surface area contributed by atoms with Gasteiger partial charge in [-0.1, -0.05) is 6.07 Å². The number of rotatable bonds is 6. The van der Waals surface area contributed by atoms with Crippen LogP contribution in [0.3, 0.4) is 0 Å². The van der Waals surface area contributed by atoms with Gasteiger partial charge in [-0.3, -0.25) is 0 Å². The van der Waals surface area contributed by atoms with Crippen LogP contribution in [0.2, 0.25) is 0 Å². The fraction of sp³-hybridized carbons (Fsp3) is 0.471. The Kier molecular flexibility index (Phi) is 3.53. The van der Waals surface area contributed by atoms with E-state index in [9.17, 15) is 4.79 Å². The van der Waals surface area contributed by atoms with Gasteiger partial charge in [0, 0.05) is 31.8 Å². The predicted octanol–water partition coefficient (Wildman–Crippen LogP) is 1.77. The van der Waals surface area contributed by atoms with Gasteiger partial charge in [-0.05, 0) is 24.5 Å². The third-order valence-corrected chi connectivity index (χ3v) is 4.87. The van der Waals surface area contributed by atoms with Gasteiger partial charge in [-0.25, -0.2) is 14.8 Å². The molecule has 0 radical (unpaired) electrons. The first kappa shape index (κ1) is 15.1. The molecule has 0 unspecified atom stereocenters. The van der Waals surface area contributed by atoms with Crippen LogP contribution in [-0.4, -0.2) is 45.8 Å². The summed E-state index contributed by atoms with van der Waals surface area (Å²) in [5.41, 5.74) is 2.53. The van der Waals surface area contributed by atoms with E-state index >= 15 is 0 Å². The zero-order valence-corrected chi connectivity index (χ0v) is 13.6. The van der Waals surface area contributed by atoms with Crippen molar-refractivity contribution in [3.8, 4) is 0 Å². The number of ether oxygens (including phenoxy) is 1. The molecule has 7 nitrogen and oxygen atoms in total. The zero-order chi connectivity index (χ0) is 16.7. The second-order valence-electron chi connectivity index (χ2n) is 6.80. The number of hydrogen-bond acceptors (Lipinski definition) is 5. The fourth-order valence-corrected chi connectivity index (χ4v) is 3.27. The molecule has 0 atom stereocenters. The minimum atomic E-state index is -1.02. The summed E-state index contributed by atoms with van der Waals surface area (Å²) >= 11 is 0. The van der Waals surface area contributed by atoms with Crippen LogP contribution < -0.4 is 4.90 Å². The highest BCUT2D eigenvalue weighted by Gasteiger charge is 2.52. The van der Waals surface area contributed by atoms with Gasteiger partial charge in [-0.2, -0.15) is 0 Å². The van der Waals surface area contributed by atoms with Gasteiger partial charge in [0.25, 0.3) is 0 Å². The molecule has 126 valence electrons. The molecule has 2 aromatic rings. The molecule has 4 rings (SSSR count). The number of methoxy groups -OCH3 is 1. The molecule has 3 heterocycles. The lowest BCUT2D eigenvalue weighted by Gasteiger charge is -2.41. The molecule has 24 heavy (non-hydrogen) atoms. The van der Waals surface area contributed by atoms with Crippen LogP contribution in [-0.2, 0) is 17.9 Å². The minimum absolute atomic E-state index is 0.0446. The molecule has 1 saturated heterocycles. The second kappa shape index (κ2) is 5.59. The summed E-state index contributed by atoms with van der Waals surface area (Å²) in [7, 11) is 1.65. The molecule has 1 N–H and O–H groups in total. The van der Waals surface area contributed by atoms with E-state index < -0.39 is 5.97 Å². The summed E-state index contributed by atoms with van der Waals surface area (Å²) in [6, 6.07) is 4.09.